The van der Waals surface area contributed by atoms with Crippen molar-refractivity contribution in [1.82, 2.24) is 19.8 Å². The van der Waals surface area contributed by atoms with E-state index < -0.39 is 0 Å². The third-order valence-corrected chi connectivity index (χ3v) is 5.38. The van der Waals surface area contributed by atoms with Crippen molar-refractivity contribution in [2.24, 2.45) is 0 Å². The van der Waals surface area contributed by atoms with Crippen LogP contribution in [0.2, 0.25) is 0 Å². The first-order chi connectivity index (χ1) is 14.2. The lowest BCUT2D eigenvalue weighted by Gasteiger charge is -2.34. The standard InChI is InChI=1S/C22H30N4O3/c1-4-25(5-2)16-20(27)26-14-8-9-17(15-26)21-22(24-13-12-23-21)29-19-11-7-6-10-18(19)28-3/h6-7,10-13,17H,4-5,8-9,14-16H2,1-3H3/t17-/m1/s1. The van der Waals surface area contributed by atoms with Gasteiger partial charge in [0.25, 0.3) is 0 Å². The van der Waals surface area contributed by atoms with Gasteiger partial charge in [0, 0.05) is 31.4 Å². The molecule has 2 aromatic rings. The van der Waals surface area contributed by atoms with Crippen molar-refractivity contribution in [1.29, 1.82) is 0 Å². The van der Waals surface area contributed by atoms with E-state index in [2.05, 4.69) is 28.7 Å². The highest BCUT2D eigenvalue weighted by molar-refractivity contribution is 5.78. The molecule has 0 radical (unpaired) electrons. The molecule has 1 fully saturated rings. The van der Waals surface area contributed by atoms with Crippen LogP contribution in [0, 0.1) is 0 Å². The van der Waals surface area contributed by atoms with Crippen LogP contribution in [0.3, 0.4) is 0 Å². The number of likely N-dealkylation sites (N-methyl/N-ethyl adjacent to an activating group) is 1. The summed E-state index contributed by atoms with van der Waals surface area (Å²) in [5.74, 6) is 1.99. The van der Waals surface area contributed by atoms with Gasteiger partial charge in [-0.15, -0.1) is 0 Å². The van der Waals surface area contributed by atoms with Gasteiger partial charge in [-0.05, 0) is 38.1 Å². The number of nitrogens with zero attached hydrogens (tertiary/aromatic N) is 4. The first kappa shape index (κ1) is 21.0. The van der Waals surface area contributed by atoms with Crippen molar-refractivity contribution in [3.05, 3.63) is 42.4 Å². The van der Waals surface area contributed by atoms with Gasteiger partial charge in [0.15, 0.2) is 11.5 Å². The summed E-state index contributed by atoms with van der Waals surface area (Å²) in [4.78, 5) is 25.8. The van der Waals surface area contributed by atoms with Gasteiger partial charge in [-0.1, -0.05) is 26.0 Å². The molecule has 7 heteroatoms. The van der Waals surface area contributed by atoms with Crippen LogP contribution in [0.15, 0.2) is 36.7 Å². The molecule has 1 saturated heterocycles. The second kappa shape index (κ2) is 10.2. The highest BCUT2D eigenvalue weighted by Crippen LogP contribution is 2.35. The molecule has 0 aliphatic carbocycles. The third kappa shape index (κ3) is 5.23. The third-order valence-electron chi connectivity index (χ3n) is 5.38. The minimum Gasteiger partial charge on any atom is -0.493 e. The SMILES string of the molecule is CCN(CC)CC(=O)N1CCC[C@@H](c2nccnc2Oc2ccccc2OC)C1. The van der Waals surface area contributed by atoms with E-state index in [1.807, 2.05) is 29.2 Å². The van der Waals surface area contributed by atoms with E-state index in [1.54, 1.807) is 19.5 Å². The van der Waals surface area contributed by atoms with Gasteiger partial charge in [-0.25, -0.2) is 4.98 Å². The van der Waals surface area contributed by atoms with Crippen molar-refractivity contribution < 1.29 is 14.3 Å². The Balaban J connectivity index is 1.76. The number of carbonyl (C=O) groups excluding carboxylic acids is 1. The maximum absolute atomic E-state index is 12.8. The zero-order chi connectivity index (χ0) is 20.6. The number of benzene rings is 1. The lowest BCUT2D eigenvalue weighted by Crippen LogP contribution is -2.44. The summed E-state index contributed by atoms with van der Waals surface area (Å²) in [6.07, 6.45) is 5.21. The molecule has 1 atom stereocenters. The van der Waals surface area contributed by atoms with Crippen LogP contribution >= 0.6 is 0 Å². The summed E-state index contributed by atoms with van der Waals surface area (Å²) in [6, 6.07) is 7.48. The molecule has 1 aromatic carbocycles. The largest absolute Gasteiger partial charge is 0.493 e. The molecule has 1 amide bonds. The summed E-state index contributed by atoms with van der Waals surface area (Å²) < 4.78 is 11.4. The van der Waals surface area contributed by atoms with Crippen LogP contribution in [0.25, 0.3) is 0 Å². The Morgan fingerprint density at radius 1 is 1.17 bits per heavy atom. The molecule has 2 heterocycles. The van der Waals surface area contributed by atoms with E-state index in [9.17, 15) is 4.79 Å². The van der Waals surface area contributed by atoms with Gasteiger partial charge < -0.3 is 14.4 Å². The van der Waals surface area contributed by atoms with Gasteiger partial charge in [0.05, 0.1) is 13.7 Å². The van der Waals surface area contributed by atoms with E-state index in [1.165, 1.54) is 0 Å². The molecular weight excluding hydrogens is 368 g/mol. The zero-order valence-corrected chi connectivity index (χ0v) is 17.5. The number of para-hydroxylation sites is 2. The summed E-state index contributed by atoms with van der Waals surface area (Å²) >= 11 is 0. The number of methoxy groups -OCH3 is 1. The summed E-state index contributed by atoms with van der Waals surface area (Å²) in [6.45, 7) is 7.81. The fourth-order valence-electron chi connectivity index (χ4n) is 3.67. The van der Waals surface area contributed by atoms with Crippen molar-refractivity contribution in [3.8, 4) is 17.4 Å². The van der Waals surface area contributed by atoms with Crippen LogP contribution in [-0.4, -0.2) is 65.5 Å². The molecule has 3 rings (SSSR count). The second-order valence-electron chi connectivity index (χ2n) is 7.14. The van der Waals surface area contributed by atoms with Crippen molar-refractivity contribution in [3.63, 3.8) is 0 Å². The minimum absolute atomic E-state index is 0.0998. The van der Waals surface area contributed by atoms with Gasteiger partial charge in [-0.2, -0.15) is 0 Å². The molecule has 0 bridgehead atoms. The Kier molecular flexibility index (Phi) is 7.41. The topological polar surface area (TPSA) is 67.8 Å². The van der Waals surface area contributed by atoms with E-state index in [0.29, 0.717) is 30.5 Å². The predicted octanol–water partition coefficient (Wildman–Crippen LogP) is 3.33. The first-order valence-electron chi connectivity index (χ1n) is 10.3. The number of hydrogen-bond donors (Lipinski definition) is 0. The molecule has 1 aliphatic heterocycles. The minimum atomic E-state index is 0.0998. The average molecular weight is 399 g/mol. The van der Waals surface area contributed by atoms with Crippen LogP contribution in [0.1, 0.15) is 38.3 Å². The molecule has 0 unspecified atom stereocenters. The lowest BCUT2D eigenvalue weighted by atomic mass is 9.94. The van der Waals surface area contributed by atoms with E-state index in [4.69, 9.17) is 9.47 Å². The first-order valence-corrected chi connectivity index (χ1v) is 10.3. The van der Waals surface area contributed by atoms with Gasteiger partial charge in [0.1, 0.15) is 5.69 Å². The molecule has 0 N–H and O–H groups in total. The quantitative estimate of drug-likeness (QED) is 0.679. The van der Waals surface area contributed by atoms with Crippen LogP contribution in [-0.2, 0) is 4.79 Å². The monoisotopic (exact) mass is 398 g/mol. The number of hydrogen-bond acceptors (Lipinski definition) is 6. The number of aromatic nitrogens is 2. The van der Waals surface area contributed by atoms with E-state index in [0.717, 1.165) is 38.2 Å². The fraction of sp³-hybridized carbons (Fsp3) is 0.500. The maximum atomic E-state index is 12.8. The highest BCUT2D eigenvalue weighted by atomic mass is 16.5. The summed E-state index contributed by atoms with van der Waals surface area (Å²) in [5.41, 5.74) is 0.791. The molecule has 1 aliphatic rings. The number of ether oxygens (including phenoxy) is 2. The second-order valence-corrected chi connectivity index (χ2v) is 7.14. The molecule has 0 saturated carbocycles. The normalized spacial score (nSPS) is 16.7. The Labute approximate surface area is 172 Å². The summed E-state index contributed by atoms with van der Waals surface area (Å²) in [7, 11) is 1.61. The number of carbonyl (C=O) groups is 1. The molecule has 1 aromatic heterocycles. The summed E-state index contributed by atoms with van der Waals surface area (Å²) in [5, 5.41) is 0. The molecule has 156 valence electrons. The molecular formula is C22H30N4O3. The highest BCUT2D eigenvalue weighted by Gasteiger charge is 2.29. The Bertz CT molecular complexity index is 810. The Morgan fingerprint density at radius 3 is 2.62 bits per heavy atom. The van der Waals surface area contributed by atoms with Crippen LogP contribution < -0.4 is 9.47 Å². The number of piperidine rings is 1. The average Bonchev–Trinajstić information content (AvgIpc) is 2.78. The maximum Gasteiger partial charge on any atom is 0.241 e. The molecule has 7 nitrogen and oxygen atoms in total. The van der Waals surface area contributed by atoms with E-state index in [-0.39, 0.29) is 11.8 Å². The molecule has 29 heavy (non-hydrogen) atoms. The number of likely N-dealkylation sites (tertiary alicyclic amines) is 1. The van der Waals surface area contributed by atoms with E-state index >= 15 is 0 Å². The van der Waals surface area contributed by atoms with Gasteiger partial charge in [-0.3, -0.25) is 14.7 Å². The predicted molar refractivity (Wildman–Crippen MR) is 111 cm³/mol. The smallest absolute Gasteiger partial charge is 0.241 e. The van der Waals surface area contributed by atoms with Crippen LogP contribution in [0.4, 0.5) is 0 Å². The number of rotatable bonds is 8. The number of amides is 1. The van der Waals surface area contributed by atoms with Gasteiger partial charge in [0.2, 0.25) is 11.8 Å². The Morgan fingerprint density at radius 2 is 1.90 bits per heavy atom. The Hall–Kier alpha value is -2.67. The zero-order valence-electron chi connectivity index (χ0n) is 17.5. The van der Waals surface area contributed by atoms with Crippen molar-refractivity contribution >= 4 is 5.91 Å². The van der Waals surface area contributed by atoms with Crippen molar-refractivity contribution in [2.45, 2.75) is 32.6 Å². The molecule has 0 spiro atoms. The van der Waals surface area contributed by atoms with Crippen molar-refractivity contribution in [2.75, 3.05) is 39.8 Å². The van der Waals surface area contributed by atoms with Gasteiger partial charge >= 0.3 is 0 Å². The van der Waals surface area contributed by atoms with Crippen LogP contribution in [0.5, 0.6) is 17.4 Å². The fourth-order valence-corrected chi connectivity index (χ4v) is 3.67. The lowest BCUT2D eigenvalue weighted by molar-refractivity contribution is -0.133.